The van der Waals surface area contributed by atoms with Crippen molar-refractivity contribution in [2.24, 2.45) is 0 Å². The largest absolute Gasteiger partial charge is 0.493 e. The van der Waals surface area contributed by atoms with Crippen LogP contribution in [0.25, 0.3) is 11.1 Å². The fourth-order valence-electron chi connectivity index (χ4n) is 6.77. The van der Waals surface area contributed by atoms with Crippen molar-refractivity contribution in [3.8, 4) is 5.75 Å². The molecule has 0 spiro atoms. The Morgan fingerprint density at radius 3 is 2.08 bits per heavy atom. The topological polar surface area (TPSA) is 177 Å². The number of aryl methyl sites for hydroxylation is 2. The van der Waals surface area contributed by atoms with Crippen LogP contribution in [0.4, 0.5) is 11.4 Å². The molecule has 0 aliphatic carbocycles. The van der Waals surface area contributed by atoms with E-state index in [9.17, 15) is 28.8 Å². The van der Waals surface area contributed by atoms with Crippen molar-refractivity contribution in [2.45, 2.75) is 70.6 Å². The van der Waals surface area contributed by atoms with E-state index < -0.39 is 60.1 Å². The molecule has 0 radical (unpaired) electrons. The maximum absolute atomic E-state index is 14.6. The summed E-state index contributed by atoms with van der Waals surface area (Å²) in [6.45, 7) is 4.17. The van der Waals surface area contributed by atoms with Crippen molar-refractivity contribution < 1.29 is 42.7 Å². The smallest absolute Gasteiger partial charge is 0.308 e. The summed E-state index contributed by atoms with van der Waals surface area (Å²) in [5.74, 6) is -3.82. The lowest BCUT2D eigenvalue weighted by molar-refractivity contribution is -0.155. The lowest BCUT2D eigenvalue weighted by Gasteiger charge is -2.26. The fraction of sp³-hybridized carbons (Fsp3) is 0.311. The molecule has 1 aliphatic rings. The maximum atomic E-state index is 14.6. The third-order valence-electron chi connectivity index (χ3n) is 9.54. The Morgan fingerprint density at radius 1 is 0.814 bits per heavy atom. The lowest BCUT2D eigenvalue weighted by atomic mass is 10.1. The van der Waals surface area contributed by atoms with Crippen LogP contribution < -0.4 is 25.2 Å². The highest BCUT2D eigenvalue weighted by Gasteiger charge is 2.39. The number of nitrogens with one attached hydrogen (secondary N) is 2. The minimum absolute atomic E-state index is 0.0688. The van der Waals surface area contributed by atoms with Gasteiger partial charge in [0.2, 0.25) is 23.5 Å². The number of carbonyl (C=O) groups is 6. The first kappa shape index (κ1) is 41.8. The van der Waals surface area contributed by atoms with E-state index in [1.807, 2.05) is 60.7 Å². The third kappa shape index (κ3) is 10.8. The van der Waals surface area contributed by atoms with E-state index in [0.29, 0.717) is 29.8 Å². The van der Waals surface area contributed by atoms with Gasteiger partial charge in [0.1, 0.15) is 29.7 Å². The highest BCUT2D eigenvalue weighted by molar-refractivity contribution is 6.10. The Bertz CT molecular complexity index is 2320. The molecule has 14 heteroatoms. The van der Waals surface area contributed by atoms with E-state index >= 15 is 0 Å². The van der Waals surface area contributed by atoms with Gasteiger partial charge in [-0.05, 0) is 69.0 Å². The van der Waals surface area contributed by atoms with Gasteiger partial charge in [-0.1, -0.05) is 78.9 Å². The van der Waals surface area contributed by atoms with Gasteiger partial charge in [-0.15, -0.1) is 0 Å². The number of nitrogens with zero attached hydrogens (tertiary/aromatic N) is 3. The zero-order valence-corrected chi connectivity index (χ0v) is 33.4. The minimum Gasteiger partial charge on any atom is -0.493 e. The number of ketones is 1. The van der Waals surface area contributed by atoms with Crippen molar-refractivity contribution in [3.05, 3.63) is 120 Å². The van der Waals surface area contributed by atoms with E-state index in [1.54, 1.807) is 63.2 Å². The zero-order chi connectivity index (χ0) is 42.1. The summed E-state index contributed by atoms with van der Waals surface area (Å²) < 4.78 is 16.6. The Balaban J connectivity index is 1.29. The first-order chi connectivity index (χ1) is 28.3. The molecule has 306 valence electrons. The number of para-hydroxylation sites is 3. The SMILES string of the molecule is COc1cccc2nc(C(=O)[C@H](CC(=O)OC(C)(C)C)NC(=O)CN3C(=O)[C@@H](NC(=O)CCc4ccccc4)CN(C(=O)CCc4ccccc4)c4ccccc43)oc12. The summed E-state index contributed by atoms with van der Waals surface area (Å²) in [6.07, 6.45) is 0.454. The number of ether oxygens (including phenoxy) is 2. The van der Waals surface area contributed by atoms with Crippen molar-refractivity contribution in [2.75, 3.05) is 30.0 Å². The van der Waals surface area contributed by atoms with Gasteiger partial charge in [0.15, 0.2) is 11.3 Å². The molecule has 2 N–H and O–H groups in total. The normalized spacial score (nSPS) is 14.5. The van der Waals surface area contributed by atoms with E-state index in [1.165, 1.54) is 16.9 Å². The summed E-state index contributed by atoms with van der Waals surface area (Å²) in [4.78, 5) is 90.1. The van der Waals surface area contributed by atoms with E-state index in [-0.39, 0.29) is 42.5 Å². The molecule has 5 aromatic rings. The number of Topliss-reactive ketones (excluding diaryl/α,β-unsaturated/α-hetero) is 1. The number of oxazole rings is 1. The number of carbonyl (C=O) groups excluding carboxylic acids is 6. The van der Waals surface area contributed by atoms with Gasteiger partial charge in [0.25, 0.3) is 11.8 Å². The molecule has 0 saturated heterocycles. The summed E-state index contributed by atoms with van der Waals surface area (Å²) in [6, 6.07) is 27.7. The Kier molecular flexibility index (Phi) is 13.2. The first-order valence-corrected chi connectivity index (χ1v) is 19.4. The number of amides is 4. The van der Waals surface area contributed by atoms with Crippen molar-refractivity contribution in [1.29, 1.82) is 0 Å². The molecule has 1 aliphatic heterocycles. The fourth-order valence-corrected chi connectivity index (χ4v) is 6.77. The van der Waals surface area contributed by atoms with E-state index in [4.69, 9.17) is 13.9 Å². The molecule has 0 unspecified atom stereocenters. The van der Waals surface area contributed by atoms with E-state index in [2.05, 4.69) is 15.6 Å². The van der Waals surface area contributed by atoms with Crippen LogP contribution >= 0.6 is 0 Å². The molecule has 6 rings (SSSR count). The number of benzene rings is 4. The summed E-state index contributed by atoms with van der Waals surface area (Å²) in [5, 5.41) is 5.43. The predicted molar refractivity (Wildman–Crippen MR) is 220 cm³/mol. The van der Waals surface area contributed by atoms with Crippen LogP contribution in [0.3, 0.4) is 0 Å². The van der Waals surface area contributed by atoms with Gasteiger partial charge in [-0.25, -0.2) is 4.98 Å². The van der Waals surface area contributed by atoms with Crippen LogP contribution in [0.2, 0.25) is 0 Å². The van der Waals surface area contributed by atoms with Gasteiger partial charge in [-0.2, -0.15) is 0 Å². The number of methoxy groups -OCH3 is 1. The monoisotopic (exact) mass is 801 g/mol. The lowest BCUT2D eigenvalue weighted by Crippen LogP contribution is -2.55. The van der Waals surface area contributed by atoms with Crippen molar-refractivity contribution >= 4 is 57.9 Å². The molecule has 2 atom stereocenters. The molecule has 0 fully saturated rings. The van der Waals surface area contributed by atoms with Gasteiger partial charge in [0.05, 0.1) is 31.5 Å². The van der Waals surface area contributed by atoms with Gasteiger partial charge in [0, 0.05) is 12.8 Å². The van der Waals surface area contributed by atoms with Crippen LogP contribution in [0.5, 0.6) is 5.75 Å². The Hall–Kier alpha value is -6.83. The average molecular weight is 802 g/mol. The molecule has 0 saturated carbocycles. The summed E-state index contributed by atoms with van der Waals surface area (Å²) >= 11 is 0. The maximum Gasteiger partial charge on any atom is 0.308 e. The molecular formula is C45H47N5O9. The number of hydrogen-bond donors (Lipinski definition) is 2. The number of fused-ring (bicyclic) bond motifs is 2. The second-order valence-electron chi connectivity index (χ2n) is 15.1. The molecule has 4 amide bonds. The second-order valence-corrected chi connectivity index (χ2v) is 15.1. The first-order valence-electron chi connectivity index (χ1n) is 19.4. The average Bonchev–Trinajstić information content (AvgIpc) is 3.63. The molecule has 2 heterocycles. The highest BCUT2D eigenvalue weighted by atomic mass is 16.6. The third-order valence-corrected chi connectivity index (χ3v) is 9.54. The Morgan fingerprint density at radius 2 is 1.44 bits per heavy atom. The van der Waals surface area contributed by atoms with Crippen LogP contribution in [-0.2, 0) is 41.6 Å². The molecule has 59 heavy (non-hydrogen) atoms. The van der Waals surface area contributed by atoms with Crippen molar-refractivity contribution in [1.82, 2.24) is 15.6 Å². The standard InChI is InChI=1S/C45H47N5O9/c1-45(2,3)59-40(54)26-32(41(55)43-48-31-18-13-21-36(57-4)42(31)58-43)46-38(52)28-50-35-20-12-11-19-34(35)49(39(53)25-23-30-16-9-6-10-17-30)27-33(44(50)56)47-37(51)24-22-29-14-7-5-8-15-29/h5-21,32-33H,22-28H2,1-4H3,(H,46,52)(H,47,51)/t32-,33-/m0/s1. The van der Waals surface area contributed by atoms with Crippen LogP contribution in [0.1, 0.15) is 61.8 Å². The van der Waals surface area contributed by atoms with Gasteiger partial charge < -0.3 is 29.4 Å². The van der Waals surface area contributed by atoms with E-state index in [0.717, 1.165) is 11.1 Å². The molecule has 1 aromatic heterocycles. The predicted octanol–water partition coefficient (Wildman–Crippen LogP) is 5.37. The van der Waals surface area contributed by atoms with Gasteiger partial charge >= 0.3 is 5.97 Å². The minimum atomic E-state index is -1.52. The molecule has 0 bridgehead atoms. The quantitative estimate of drug-likeness (QED) is 0.103. The molecule has 14 nitrogen and oxygen atoms in total. The zero-order valence-electron chi connectivity index (χ0n) is 33.4. The summed E-state index contributed by atoms with van der Waals surface area (Å²) in [7, 11) is 1.44. The number of esters is 1. The van der Waals surface area contributed by atoms with Crippen LogP contribution in [0, 0.1) is 0 Å². The number of aromatic nitrogens is 1. The highest BCUT2D eigenvalue weighted by Crippen LogP contribution is 2.34. The molecule has 4 aromatic carbocycles. The summed E-state index contributed by atoms with van der Waals surface area (Å²) in [5.41, 5.74) is 2.11. The number of hydrogen-bond acceptors (Lipinski definition) is 10. The van der Waals surface area contributed by atoms with Crippen molar-refractivity contribution in [3.63, 3.8) is 0 Å². The number of rotatable bonds is 15. The number of anilines is 2. The van der Waals surface area contributed by atoms with Gasteiger partial charge in [-0.3, -0.25) is 33.7 Å². The second kappa shape index (κ2) is 18.6. The van der Waals surface area contributed by atoms with Crippen LogP contribution in [0.15, 0.2) is 108 Å². The van der Waals surface area contributed by atoms with Crippen LogP contribution in [-0.4, -0.2) is 78.2 Å². The molecular weight excluding hydrogens is 755 g/mol. The Labute approximate surface area is 341 Å².